The van der Waals surface area contributed by atoms with Crippen molar-refractivity contribution in [3.63, 3.8) is 0 Å². The number of benzene rings is 2. The predicted octanol–water partition coefficient (Wildman–Crippen LogP) is 3.39. The number of amides is 2. The van der Waals surface area contributed by atoms with E-state index >= 15 is 0 Å². The molecule has 9 nitrogen and oxygen atoms in total. The van der Waals surface area contributed by atoms with Crippen LogP contribution in [-0.2, 0) is 9.53 Å². The molecule has 9 heteroatoms. The smallest absolute Gasteiger partial charge is 0.410 e. The molecule has 3 rings (SSSR count). The summed E-state index contributed by atoms with van der Waals surface area (Å²) in [5, 5.41) is 0. The third-order valence-electron chi connectivity index (χ3n) is 5.29. The molecule has 186 valence electrons. The Morgan fingerprint density at radius 2 is 1.60 bits per heavy atom. The lowest BCUT2D eigenvalue weighted by atomic mass is 10.0. The molecule has 0 spiro atoms. The van der Waals surface area contributed by atoms with E-state index in [1.165, 1.54) is 0 Å². The number of primary amides is 1. The number of carbonyl (C=O) groups excluding carboxylic acids is 2. The van der Waals surface area contributed by atoms with Gasteiger partial charge in [-0.25, -0.2) is 4.79 Å². The van der Waals surface area contributed by atoms with E-state index in [0.29, 0.717) is 36.6 Å². The maximum Gasteiger partial charge on any atom is 0.410 e. The SMILES string of the molecule is CC(C)(C)OC(=O)N1CCCC(N=C(N)C(C(N)=O)=C(N)c2ccc(Oc3ccccc3)cc2)C1. The monoisotopic (exact) mass is 479 g/mol. The minimum absolute atomic E-state index is 0.0591. The van der Waals surface area contributed by atoms with Gasteiger partial charge in [0.1, 0.15) is 28.5 Å². The Kier molecular flexibility index (Phi) is 8.01. The number of nitrogens with two attached hydrogens (primary N) is 3. The molecule has 6 N–H and O–H groups in total. The maximum absolute atomic E-state index is 12.4. The molecule has 2 aromatic carbocycles. The van der Waals surface area contributed by atoms with Crippen LogP contribution in [-0.4, -0.2) is 47.5 Å². The number of amidine groups is 1. The van der Waals surface area contributed by atoms with E-state index in [9.17, 15) is 9.59 Å². The number of rotatable bonds is 6. The molecule has 35 heavy (non-hydrogen) atoms. The molecular weight excluding hydrogens is 446 g/mol. The van der Waals surface area contributed by atoms with Crippen molar-refractivity contribution in [1.82, 2.24) is 4.90 Å². The highest BCUT2D eigenvalue weighted by Crippen LogP contribution is 2.24. The lowest BCUT2D eigenvalue weighted by Crippen LogP contribution is -2.44. The van der Waals surface area contributed by atoms with Gasteiger partial charge in [0.25, 0.3) is 5.91 Å². The van der Waals surface area contributed by atoms with Crippen molar-refractivity contribution in [2.45, 2.75) is 45.3 Å². The van der Waals surface area contributed by atoms with Crippen LogP contribution in [0.15, 0.2) is 65.2 Å². The minimum Gasteiger partial charge on any atom is -0.457 e. The van der Waals surface area contributed by atoms with E-state index < -0.39 is 17.6 Å². The second kappa shape index (κ2) is 10.9. The Morgan fingerprint density at radius 3 is 2.20 bits per heavy atom. The highest BCUT2D eigenvalue weighted by atomic mass is 16.6. The van der Waals surface area contributed by atoms with Gasteiger partial charge in [-0.05, 0) is 75.6 Å². The van der Waals surface area contributed by atoms with E-state index in [1.807, 2.05) is 51.1 Å². The Bertz CT molecular complexity index is 1100. The first-order chi connectivity index (χ1) is 16.5. The number of nitrogens with zero attached hydrogens (tertiary/aromatic N) is 2. The number of hydrogen-bond acceptors (Lipinski definition) is 6. The Labute approximate surface area is 205 Å². The summed E-state index contributed by atoms with van der Waals surface area (Å²) in [4.78, 5) is 30.8. The molecule has 0 aromatic heterocycles. The topological polar surface area (TPSA) is 146 Å². The largest absolute Gasteiger partial charge is 0.457 e. The number of piperidine rings is 1. The Balaban J connectivity index is 1.77. The van der Waals surface area contributed by atoms with Gasteiger partial charge in [0.2, 0.25) is 0 Å². The fraction of sp³-hybridized carbons (Fsp3) is 0.346. The van der Waals surface area contributed by atoms with Crippen molar-refractivity contribution in [3.8, 4) is 11.5 Å². The first kappa shape index (κ1) is 25.6. The van der Waals surface area contributed by atoms with Crippen LogP contribution in [0, 0.1) is 0 Å². The molecule has 1 heterocycles. The number of ether oxygens (including phenoxy) is 2. The summed E-state index contributed by atoms with van der Waals surface area (Å²) in [5.74, 6) is 0.467. The van der Waals surface area contributed by atoms with Gasteiger partial charge in [0.15, 0.2) is 0 Å². The van der Waals surface area contributed by atoms with Gasteiger partial charge in [0, 0.05) is 13.1 Å². The van der Waals surface area contributed by atoms with Gasteiger partial charge in [-0.2, -0.15) is 0 Å². The molecule has 0 bridgehead atoms. The van der Waals surface area contributed by atoms with Crippen LogP contribution in [0.4, 0.5) is 4.79 Å². The predicted molar refractivity (Wildman–Crippen MR) is 136 cm³/mol. The van der Waals surface area contributed by atoms with Crippen molar-refractivity contribution in [2.24, 2.45) is 22.2 Å². The molecule has 1 atom stereocenters. The first-order valence-electron chi connectivity index (χ1n) is 11.5. The van der Waals surface area contributed by atoms with Crippen LogP contribution >= 0.6 is 0 Å². The molecule has 1 aliphatic heterocycles. The zero-order chi connectivity index (χ0) is 25.6. The van der Waals surface area contributed by atoms with E-state index in [0.717, 1.165) is 6.42 Å². The summed E-state index contributed by atoms with van der Waals surface area (Å²) in [6, 6.07) is 16.0. The van der Waals surface area contributed by atoms with Crippen molar-refractivity contribution >= 4 is 23.5 Å². The van der Waals surface area contributed by atoms with Crippen LogP contribution in [0.1, 0.15) is 39.2 Å². The summed E-state index contributed by atoms with van der Waals surface area (Å²) in [7, 11) is 0. The average molecular weight is 480 g/mol. The molecule has 1 unspecified atom stereocenters. The molecule has 1 saturated heterocycles. The lowest BCUT2D eigenvalue weighted by Gasteiger charge is -2.32. The standard InChI is InChI=1S/C26H33N5O4/c1-26(2,3)35-25(33)31-15-7-8-18(16-31)30-23(28)21(24(29)32)22(27)17-11-13-20(14-12-17)34-19-9-5-4-6-10-19/h4-6,9-14,18H,7-8,15-16,27H2,1-3H3,(H2,28,30)(H2,29,32). The van der Waals surface area contributed by atoms with E-state index in [2.05, 4.69) is 4.99 Å². The van der Waals surface area contributed by atoms with Crippen LogP contribution < -0.4 is 21.9 Å². The van der Waals surface area contributed by atoms with E-state index in [4.69, 9.17) is 26.7 Å². The fourth-order valence-electron chi connectivity index (χ4n) is 3.68. The highest BCUT2D eigenvalue weighted by Gasteiger charge is 2.28. The van der Waals surface area contributed by atoms with Gasteiger partial charge >= 0.3 is 6.09 Å². The van der Waals surface area contributed by atoms with Gasteiger partial charge in [0.05, 0.1) is 11.7 Å². The van der Waals surface area contributed by atoms with Gasteiger partial charge in [-0.1, -0.05) is 18.2 Å². The third kappa shape index (κ3) is 7.23. The van der Waals surface area contributed by atoms with Crippen LogP contribution in [0.5, 0.6) is 11.5 Å². The molecule has 2 amide bonds. The van der Waals surface area contributed by atoms with Crippen LogP contribution in [0.2, 0.25) is 0 Å². The lowest BCUT2D eigenvalue weighted by molar-refractivity contribution is -0.114. The Hall–Kier alpha value is -4.01. The molecular formula is C26H33N5O4. The molecule has 0 radical (unpaired) electrons. The second-order valence-corrected chi connectivity index (χ2v) is 9.33. The molecule has 1 aliphatic rings. The van der Waals surface area contributed by atoms with Crippen LogP contribution in [0.3, 0.4) is 0 Å². The normalized spacial score (nSPS) is 17.4. The zero-order valence-corrected chi connectivity index (χ0v) is 20.4. The number of carbonyl (C=O) groups is 2. The second-order valence-electron chi connectivity index (χ2n) is 9.33. The summed E-state index contributed by atoms with van der Waals surface area (Å²) in [6.45, 7) is 6.34. The average Bonchev–Trinajstić information content (AvgIpc) is 2.79. The van der Waals surface area contributed by atoms with Crippen molar-refractivity contribution < 1.29 is 19.1 Å². The fourth-order valence-corrected chi connectivity index (χ4v) is 3.68. The number of aliphatic imine (C=N–C) groups is 1. The molecule has 0 saturated carbocycles. The zero-order valence-electron chi connectivity index (χ0n) is 20.4. The Morgan fingerprint density at radius 1 is 0.971 bits per heavy atom. The summed E-state index contributed by atoms with van der Waals surface area (Å²) < 4.78 is 11.2. The summed E-state index contributed by atoms with van der Waals surface area (Å²) in [5.41, 5.74) is 18.1. The summed E-state index contributed by atoms with van der Waals surface area (Å²) >= 11 is 0. The van der Waals surface area contributed by atoms with Crippen LogP contribution in [0.25, 0.3) is 5.70 Å². The van der Waals surface area contributed by atoms with Crippen molar-refractivity contribution in [3.05, 3.63) is 65.7 Å². The molecule has 0 aliphatic carbocycles. The van der Waals surface area contributed by atoms with Gasteiger partial charge < -0.3 is 31.6 Å². The highest BCUT2D eigenvalue weighted by molar-refractivity contribution is 6.24. The van der Waals surface area contributed by atoms with Gasteiger partial charge in [-0.15, -0.1) is 0 Å². The van der Waals surface area contributed by atoms with Crippen molar-refractivity contribution in [1.29, 1.82) is 0 Å². The maximum atomic E-state index is 12.4. The third-order valence-corrected chi connectivity index (χ3v) is 5.29. The van der Waals surface area contributed by atoms with Gasteiger partial charge in [-0.3, -0.25) is 9.79 Å². The molecule has 2 aromatic rings. The first-order valence-corrected chi connectivity index (χ1v) is 11.5. The molecule has 1 fully saturated rings. The van der Waals surface area contributed by atoms with E-state index in [1.54, 1.807) is 29.2 Å². The number of hydrogen-bond donors (Lipinski definition) is 3. The van der Waals surface area contributed by atoms with Crippen molar-refractivity contribution in [2.75, 3.05) is 13.1 Å². The van der Waals surface area contributed by atoms with E-state index in [-0.39, 0.29) is 23.1 Å². The minimum atomic E-state index is -0.784. The summed E-state index contributed by atoms with van der Waals surface area (Å²) in [6.07, 6.45) is 1.03. The number of likely N-dealkylation sites (tertiary alicyclic amines) is 1. The quantitative estimate of drug-likeness (QED) is 0.329. The number of para-hydroxylation sites is 1.